The molecule has 0 fully saturated rings. The van der Waals surface area contributed by atoms with E-state index in [0.29, 0.717) is 35.4 Å². The Morgan fingerprint density at radius 3 is 1.47 bits per heavy atom. The quantitative estimate of drug-likeness (QED) is 0.0948. The normalized spacial score (nSPS) is 11.8. The first-order valence-corrected chi connectivity index (χ1v) is 15.5. The van der Waals surface area contributed by atoms with Crippen molar-refractivity contribution in [2.45, 2.75) is 84.7 Å². The number of methoxy groups -OCH3 is 2. The van der Waals surface area contributed by atoms with Crippen molar-refractivity contribution in [3.05, 3.63) is 36.4 Å². The second-order valence-electron chi connectivity index (χ2n) is 10.9. The zero-order valence-electron chi connectivity index (χ0n) is 26.5. The minimum absolute atomic E-state index is 0.0385. The number of hydrogen-bond donors (Lipinski definition) is 2. The molecule has 240 valence electrons. The number of hydrogen-bond acceptors (Lipinski definition) is 8. The summed E-state index contributed by atoms with van der Waals surface area (Å²) in [5, 5.41) is 38.9. The van der Waals surface area contributed by atoms with Gasteiger partial charge in [0.15, 0.2) is 11.4 Å². The summed E-state index contributed by atoms with van der Waals surface area (Å²) in [6.45, 7) is 5.43. The van der Waals surface area contributed by atoms with Gasteiger partial charge < -0.3 is 28.8 Å². The molecule has 2 N–H and O–H groups in total. The van der Waals surface area contributed by atoms with Crippen molar-refractivity contribution in [1.29, 1.82) is 0 Å². The Balaban J connectivity index is 1.41. The number of aromatic nitrogens is 2. The zero-order chi connectivity index (χ0) is 32.3. The van der Waals surface area contributed by atoms with Gasteiger partial charge in [0, 0.05) is 36.7 Å². The Morgan fingerprint density at radius 2 is 1.09 bits per heavy atom. The van der Waals surface area contributed by atoms with Gasteiger partial charge >= 0.3 is 0 Å². The molecule has 2 aromatic heterocycles. The maximum Gasteiger partial charge on any atom is 0.264 e. The largest absolute Gasteiger partial charge is 0.497 e. The molecule has 2 amide bonds. The van der Waals surface area contributed by atoms with Gasteiger partial charge in [-0.25, -0.2) is 0 Å². The summed E-state index contributed by atoms with van der Waals surface area (Å²) in [6, 6.07) is 10.8. The monoisotopic (exact) mass is 618 g/mol. The Morgan fingerprint density at radius 1 is 0.667 bits per heavy atom. The van der Waals surface area contributed by atoms with E-state index >= 15 is 0 Å². The van der Waals surface area contributed by atoms with Crippen molar-refractivity contribution >= 4 is 45.0 Å². The fourth-order valence-electron chi connectivity index (χ4n) is 5.25. The minimum Gasteiger partial charge on any atom is -0.497 e. The molecule has 0 radical (unpaired) electrons. The molecule has 0 aliphatic rings. The SMILES string of the molecule is CCCCCn1c(O)c(N=NC(=O)CCCC(=O)N=Nc2c(O)n(CCCCC)c3ccc(OC)cc23)c2cc(OC)ccc21. The standard InChI is InChI=1S/C33H42N6O6/c1-5-7-9-18-38-26-16-14-22(44-3)20-24(26)30(32(38)42)36-34-28(40)12-11-13-29(41)35-37-31-25-21-23(45-4)15-17-27(25)39(33(31)43)19-10-8-6-2/h14-17,20-21,42-43H,5-13,18-19H2,1-4H3. The average molecular weight is 619 g/mol. The first kappa shape index (κ1) is 33.2. The second-order valence-corrected chi connectivity index (χ2v) is 10.9. The number of ether oxygens (including phenoxy) is 2. The third-order valence-electron chi connectivity index (χ3n) is 7.71. The van der Waals surface area contributed by atoms with Crippen LogP contribution in [-0.4, -0.2) is 45.4 Å². The highest BCUT2D eigenvalue weighted by atomic mass is 16.5. The minimum atomic E-state index is -0.534. The Kier molecular flexibility index (Phi) is 11.7. The van der Waals surface area contributed by atoms with Crippen LogP contribution in [0.3, 0.4) is 0 Å². The van der Waals surface area contributed by atoms with Gasteiger partial charge in [-0.05, 0) is 55.7 Å². The lowest BCUT2D eigenvalue weighted by Gasteiger charge is -2.06. The lowest BCUT2D eigenvalue weighted by molar-refractivity contribution is -0.119. The van der Waals surface area contributed by atoms with Crippen molar-refractivity contribution in [2.75, 3.05) is 14.2 Å². The number of benzene rings is 2. The molecule has 0 bridgehead atoms. The molecule has 4 aromatic rings. The van der Waals surface area contributed by atoms with Crippen molar-refractivity contribution in [2.24, 2.45) is 20.5 Å². The van der Waals surface area contributed by atoms with Gasteiger partial charge in [0.2, 0.25) is 11.8 Å². The second kappa shape index (κ2) is 15.8. The van der Waals surface area contributed by atoms with E-state index < -0.39 is 11.8 Å². The first-order chi connectivity index (χ1) is 21.8. The Hall–Kier alpha value is -4.74. The lowest BCUT2D eigenvalue weighted by atomic mass is 10.2. The number of amides is 2. The summed E-state index contributed by atoms with van der Waals surface area (Å²) in [6.07, 6.45) is 5.99. The van der Waals surface area contributed by atoms with Crippen LogP contribution in [0.1, 0.15) is 71.6 Å². The van der Waals surface area contributed by atoms with Crippen molar-refractivity contribution in [3.8, 4) is 23.3 Å². The van der Waals surface area contributed by atoms with Gasteiger partial charge in [0.05, 0.1) is 25.3 Å². The van der Waals surface area contributed by atoms with Crippen molar-refractivity contribution < 1.29 is 29.3 Å². The van der Waals surface area contributed by atoms with E-state index in [4.69, 9.17) is 9.47 Å². The van der Waals surface area contributed by atoms with Crippen LogP contribution in [0.25, 0.3) is 21.8 Å². The summed E-state index contributed by atoms with van der Waals surface area (Å²) >= 11 is 0. The van der Waals surface area contributed by atoms with E-state index in [1.54, 1.807) is 35.5 Å². The molecule has 0 saturated carbocycles. The number of unbranched alkanes of at least 4 members (excludes halogenated alkanes) is 4. The van der Waals surface area contributed by atoms with Crippen molar-refractivity contribution in [1.82, 2.24) is 9.13 Å². The van der Waals surface area contributed by atoms with Crippen LogP contribution in [0.5, 0.6) is 23.3 Å². The fourth-order valence-corrected chi connectivity index (χ4v) is 5.25. The van der Waals surface area contributed by atoms with E-state index in [1.165, 1.54) is 0 Å². The predicted octanol–water partition coefficient (Wildman–Crippen LogP) is 8.50. The molecule has 2 aromatic carbocycles. The highest BCUT2D eigenvalue weighted by molar-refractivity contribution is 5.97. The van der Waals surface area contributed by atoms with Crippen LogP contribution in [0.15, 0.2) is 56.9 Å². The molecular formula is C33H42N6O6. The van der Waals surface area contributed by atoms with E-state index in [0.717, 1.165) is 49.6 Å². The number of fused-ring (bicyclic) bond motifs is 2. The smallest absolute Gasteiger partial charge is 0.264 e. The Bertz CT molecular complexity index is 1580. The van der Waals surface area contributed by atoms with Gasteiger partial charge in [-0.2, -0.15) is 0 Å². The van der Waals surface area contributed by atoms with Crippen molar-refractivity contribution in [3.63, 3.8) is 0 Å². The summed E-state index contributed by atoms with van der Waals surface area (Å²) < 4.78 is 14.2. The number of carbonyl (C=O) groups is 2. The van der Waals surface area contributed by atoms with E-state index in [1.807, 2.05) is 24.3 Å². The van der Waals surface area contributed by atoms with Gasteiger partial charge in [-0.1, -0.05) is 39.5 Å². The van der Waals surface area contributed by atoms with Gasteiger partial charge in [-0.15, -0.1) is 20.5 Å². The lowest BCUT2D eigenvalue weighted by Crippen LogP contribution is -1.97. The molecule has 0 aliphatic carbocycles. The molecule has 45 heavy (non-hydrogen) atoms. The van der Waals surface area contributed by atoms with Crippen LogP contribution in [0, 0.1) is 0 Å². The number of aryl methyl sites for hydroxylation is 2. The van der Waals surface area contributed by atoms with Crippen LogP contribution < -0.4 is 9.47 Å². The number of rotatable bonds is 16. The third-order valence-corrected chi connectivity index (χ3v) is 7.71. The molecule has 0 saturated heterocycles. The third kappa shape index (κ3) is 7.86. The van der Waals surface area contributed by atoms with E-state index in [2.05, 4.69) is 34.3 Å². The maximum absolute atomic E-state index is 12.5. The van der Waals surface area contributed by atoms with Crippen LogP contribution in [-0.2, 0) is 22.7 Å². The predicted molar refractivity (Wildman–Crippen MR) is 172 cm³/mol. The van der Waals surface area contributed by atoms with Crippen LogP contribution in [0.4, 0.5) is 11.4 Å². The van der Waals surface area contributed by atoms with E-state index in [-0.39, 0.29) is 42.4 Å². The molecular weight excluding hydrogens is 576 g/mol. The van der Waals surface area contributed by atoms with Crippen LogP contribution in [0.2, 0.25) is 0 Å². The number of nitrogens with zero attached hydrogens (tertiary/aromatic N) is 6. The summed E-state index contributed by atoms with van der Waals surface area (Å²) in [5.41, 5.74) is 1.94. The number of azo groups is 2. The molecule has 12 nitrogen and oxygen atoms in total. The van der Waals surface area contributed by atoms with Gasteiger partial charge in [0.25, 0.3) is 11.8 Å². The van der Waals surface area contributed by atoms with Crippen LogP contribution >= 0.6 is 0 Å². The highest BCUT2D eigenvalue weighted by Crippen LogP contribution is 2.42. The number of aromatic hydroxyl groups is 2. The van der Waals surface area contributed by atoms with E-state index in [9.17, 15) is 19.8 Å². The van der Waals surface area contributed by atoms with Gasteiger partial charge in [0.1, 0.15) is 11.5 Å². The topological polar surface area (TPSA) is 152 Å². The molecule has 0 spiro atoms. The molecule has 12 heteroatoms. The molecule has 0 unspecified atom stereocenters. The average Bonchev–Trinajstić information content (AvgIpc) is 3.46. The van der Waals surface area contributed by atoms with Gasteiger partial charge in [-0.3, -0.25) is 9.59 Å². The molecule has 0 aliphatic heterocycles. The fraction of sp³-hybridized carbons (Fsp3) is 0.455. The maximum atomic E-state index is 12.5. The zero-order valence-corrected chi connectivity index (χ0v) is 26.5. The molecule has 0 atom stereocenters. The highest BCUT2D eigenvalue weighted by Gasteiger charge is 2.19. The summed E-state index contributed by atoms with van der Waals surface area (Å²) in [7, 11) is 3.11. The summed E-state index contributed by atoms with van der Waals surface area (Å²) in [5.74, 6) is 0.000128. The molecule has 2 heterocycles. The molecule has 4 rings (SSSR count). The summed E-state index contributed by atoms with van der Waals surface area (Å²) in [4.78, 5) is 25.1. The number of carbonyl (C=O) groups excluding carboxylic acids is 2. The Labute approximate surface area is 262 Å². The first-order valence-electron chi connectivity index (χ1n) is 15.5.